The predicted octanol–water partition coefficient (Wildman–Crippen LogP) is 2.40. The Morgan fingerprint density at radius 1 is 1.32 bits per heavy atom. The number of likely N-dealkylation sites (tertiary alicyclic amines) is 1. The summed E-state index contributed by atoms with van der Waals surface area (Å²) in [5.74, 6) is 0.739. The number of carbonyl (C=O) groups excluding carboxylic acids is 1. The van der Waals surface area contributed by atoms with E-state index in [-0.39, 0.29) is 5.97 Å². The van der Waals surface area contributed by atoms with Crippen molar-refractivity contribution in [3.05, 3.63) is 29.8 Å². The number of esters is 1. The van der Waals surface area contributed by atoms with Crippen LogP contribution < -0.4 is 4.74 Å². The lowest BCUT2D eigenvalue weighted by atomic mass is 10.0. The number of carbonyl (C=O) groups is 1. The second-order valence-corrected chi connectivity index (χ2v) is 4.79. The molecule has 104 valence electrons. The van der Waals surface area contributed by atoms with Gasteiger partial charge in [0.05, 0.1) is 20.6 Å². The summed E-state index contributed by atoms with van der Waals surface area (Å²) < 4.78 is 9.88. The maximum atomic E-state index is 11.2. The van der Waals surface area contributed by atoms with Crippen LogP contribution in [0.3, 0.4) is 0 Å². The summed E-state index contributed by atoms with van der Waals surface area (Å²) in [4.78, 5) is 13.6. The molecule has 1 atom stereocenters. The Balaban J connectivity index is 1.99. The highest BCUT2D eigenvalue weighted by atomic mass is 16.5. The molecular weight excluding hydrogens is 242 g/mol. The molecule has 0 aromatic heterocycles. The molecule has 4 heteroatoms. The number of nitrogens with zero attached hydrogens (tertiary/aromatic N) is 1. The molecule has 1 heterocycles. The summed E-state index contributed by atoms with van der Waals surface area (Å²) in [5, 5.41) is 0. The number of hydrogen-bond acceptors (Lipinski definition) is 4. The van der Waals surface area contributed by atoms with Crippen LogP contribution in [0, 0.1) is 0 Å². The van der Waals surface area contributed by atoms with Gasteiger partial charge >= 0.3 is 5.97 Å². The molecule has 1 aromatic carbocycles. The number of rotatable bonds is 5. The van der Waals surface area contributed by atoms with Crippen LogP contribution in [0.4, 0.5) is 0 Å². The summed E-state index contributed by atoms with van der Waals surface area (Å²) in [6, 6.07) is 8.62. The first-order valence-electron chi connectivity index (χ1n) is 6.69. The van der Waals surface area contributed by atoms with Gasteiger partial charge in [0.25, 0.3) is 0 Å². The number of ether oxygens (including phenoxy) is 2. The maximum Gasteiger partial charge on any atom is 0.306 e. The third-order valence-electron chi connectivity index (χ3n) is 3.70. The SMILES string of the molecule is COC(=O)CCN1CCCC1c1ccc(OC)cc1. The van der Waals surface area contributed by atoms with Gasteiger partial charge in [-0.25, -0.2) is 0 Å². The second kappa shape index (κ2) is 6.57. The van der Waals surface area contributed by atoms with Crippen LogP contribution in [-0.2, 0) is 9.53 Å². The predicted molar refractivity (Wildman–Crippen MR) is 73.2 cm³/mol. The number of methoxy groups -OCH3 is 2. The lowest BCUT2D eigenvalue weighted by Crippen LogP contribution is -2.26. The lowest BCUT2D eigenvalue weighted by Gasteiger charge is -2.24. The Bertz CT molecular complexity index is 416. The minimum Gasteiger partial charge on any atom is -0.497 e. The standard InChI is InChI=1S/C15H21NO3/c1-18-13-7-5-12(6-8-13)14-4-3-10-16(14)11-9-15(17)19-2/h5-8,14H,3-4,9-11H2,1-2H3. The van der Waals surface area contributed by atoms with Crippen LogP contribution in [0.1, 0.15) is 30.9 Å². The molecule has 0 aliphatic carbocycles. The molecule has 1 saturated heterocycles. The molecule has 2 rings (SSSR count). The van der Waals surface area contributed by atoms with Crippen LogP contribution in [0.5, 0.6) is 5.75 Å². The van der Waals surface area contributed by atoms with Crippen molar-refractivity contribution in [1.82, 2.24) is 4.90 Å². The molecule has 0 N–H and O–H groups in total. The minimum absolute atomic E-state index is 0.139. The Morgan fingerprint density at radius 3 is 2.68 bits per heavy atom. The van der Waals surface area contributed by atoms with E-state index in [2.05, 4.69) is 17.0 Å². The Hall–Kier alpha value is -1.55. The first-order valence-corrected chi connectivity index (χ1v) is 6.69. The molecule has 0 saturated carbocycles. The molecule has 1 fully saturated rings. The van der Waals surface area contributed by atoms with Gasteiger partial charge < -0.3 is 9.47 Å². The van der Waals surface area contributed by atoms with Crippen LogP contribution >= 0.6 is 0 Å². The van der Waals surface area contributed by atoms with E-state index in [1.54, 1.807) is 7.11 Å². The van der Waals surface area contributed by atoms with Gasteiger partial charge in [-0.15, -0.1) is 0 Å². The second-order valence-electron chi connectivity index (χ2n) is 4.79. The van der Waals surface area contributed by atoms with Crippen LogP contribution in [0.15, 0.2) is 24.3 Å². The zero-order valence-corrected chi connectivity index (χ0v) is 11.6. The van der Waals surface area contributed by atoms with Gasteiger partial charge in [0, 0.05) is 12.6 Å². The minimum atomic E-state index is -0.139. The molecule has 1 aliphatic rings. The summed E-state index contributed by atoms with van der Waals surface area (Å²) >= 11 is 0. The van der Waals surface area contributed by atoms with E-state index < -0.39 is 0 Å². The van der Waals surface area contributed by atoms with E-state index in [9.17, 15) is 4.79 Å². The van der Waals surface area contributed by atoms with E-state index in [1.165, 1.54) is 19.1 Å². The summed E-state index contributed by atoms with van der Waals surface area (Å²) in [7, 11) is 3.11. The topological polar surface area (TPSA) is 38.8 Å². The van der Waals surface area contributed by atoms with Crippen molar-refractivity contribution < 1.29 is 14.3 Å². The van der Waals surface area contributed by atoms with Crippen LogP contribution in [-0.4, -0.2) is 38.2 Å². The Labute approximate surface area is 114 Å². The summed E-state index contributed by atoms with van der Waals surface area (Å²) in [6.45, 7) is 1.82. The first kappa shape index (κ1) is 13.9. The third kappa shape index (κ3) is 3.47. The van der Waals surface area contributed by atoms with Gasteiger partial charge in [0.15, 0.2) is 0 Å². The molecule has 0 radical (unpaired) electrons. The molecule has 1 aromatic rings. The van der Waals surface area contributed by atoms with Gasteiger partial charge in [-0.2, -0.15) is 0 Å². The lowest BCUT2D eigenvalue weighted by molar-refractivity contribution is -0.141. The number of benzene rings is 1. The zero-order valence-electron chi connectivity index (χ0n) is 11.6. The fraction of sp³-hybridized carbons (Fsp3) is 0.533. The smallest absolute Gasteiger partial charge is 0.306 e. The molecule has 19 heavy (non-hydrogen) atoms. The average Bonchev–Trinajstić information content (AvgIpc) is 2.93. The first-order chi connectivity index (χ1) is 9.24. The molecule has 0 amide bonds. The highest BCUT2D eigenvalue weighted by Crippen LogP contribution is 2.32. The Kier molecular flexibility index (Phi) is 4.80. The van der Waals surface area contributed by atoms with E-state index in [0.717, 1.165) is 25.3 Å². The van der Waals surface area contributed by atoms with Crippen molar-refractivity contribution >= 4 is 5.97 Å². The van der Waals surface area contributed by atoms with Gasteiger partial charge in [-0.3, -0.25) is 9.69 Å². The molecular formula is C15H21NO3. The molecule has 4 nitrogen and oxygen atoms in total. The zero-order chi connectivity index (χ0) is 13.7. The van der Waals surface area contributed by atoms with Crippen molar-refractivity contribution in [2.75, 3.05) is 27.3 Å². The average molecular weight is 263 g/mol. The van der Waals surface area contributed by atoms with Crippen molar-refractivity contribution in [3.8, 4) is 5.75 Å². The van der Waals surface area contributed by atoms with Gasteiger partial charge in [0.1, 0.15) is 5.75 Å². The number of hydrogen-bond donors (Lipinski definition) is 0. The molecule has 0 spiro atoms. The van der Waals surface area contributed by atoms with Crippen molar-refractivity contribution in [1.29, 1.82) is 0 Å². The molecule has 1 unspecified atom stereocenters. The normalized spacial score (nSPS) is 19.4. The monoisotopic (exact) mass is 263 g/mol. The quantitative estimate of drug-likeness (QED) is 0.765. The molecule has 0 bridgehead atoms. The third-order valence-corrected chi connectivity index (χ3v) is 3.70. The fourth-order valence-electron chi connectivity index (χ4n) is 2.63. The van der Waals surface area contributed by atoms with Crippen LogP contribution in [0.25, 0.3) is 0 Å². The van der Waals surface area contributed by atoms with Crippen molar-refractivity contribution in [2.45, 2.75) is 25.3 Å². The Morgan fingerprint density at radius 2 is 2.05 bits per heavy atom. The van der Waals surface area contributed by atoms with Crippen molar-refractivity contribution in [3.63, 3.8) is 0 Å². The highest BCUT2D eigenvalue weighted by molar-refractivity contribution is 5.69. The van der Waals surface area contributed by atoms with Crippen molar-refractivity contribution in [2.24, 2.45) is 0 Å². The van der Waals surface area contributed by atoms with E-state index >= 15 is 0 Å². The summed E-state index contributed by atoms with van der Waals surface area (Å²) in [6.07, 6.45) is 2.79. The van der Waals surface area contributed by atoms with Gasteiger partial charge in [0.2, 0.25) is 0 Å². The fourth-order valence-corrected chi connectivity index (χ4v) is 2.63. The highest BCUT2D eigenvalue weighted by Gasteiger charge is 2.26. The largest absolute Gasteiger partial charge is 0.497 e. The van der Waals surface area contributed by atoms with E-state index in [1.807, 2.05) is 12.1 Å². The maximum absolute atomic E-state index is 11.2. The summed E-state index contributed by atoms with van der Waals surface area (Å²) in [5.41, 5.74) is 1.29. The van der Waals surface area contributed by atoms with Gasteiger partial charge in [-0.1, -0.05) is 12.1 Å². The van der Waals surface area contributed by atoms with E-state index in [0.29, 0.717) is 12.5 Å². The molecule has 1 aliphatic heterocycles. The van der Waals surface area contributed by atoms with Crippen LogP contribution in [0.2, 0.25) is 0 Å². The van der Waals surface area contributed by atoms with E-state index in [4.69, 9.17) is 9.47 Å². The van der Waals surface area contributed by atoms with Gasteiger partial charge in [-0.05, 0) is 37.1 Å².